The lowest BCUT2D eigenvalue weighted by atomic mass is 10.4. The van der Waals surface area contributed by atoms with E-state index >= 15 is 0 Å². The maximum Gasteiger partial charge on any atom is 0.274 e. The molecule has 1 aliphatic rings. The van der Waals surface area contributed by atoms with Crippen molar-refractivity contribution in [1.29, 1.82) is 0 Å². The van der Waals surface area contributed by atoms with E-state index in [9.17, 15) is 10.1 Å². The molecular formula is C7H13N3O3. The van der Waals surface area contributed by atoms with E-state index in [1.54, 1.807) is 0 Å². The zero-order chi connectivity index (χ0) is 9.68. The van der Waals surface area contributed by atoms with Crippen LogP contribution in [-0.4, -0.2) is 41.2 Å². The molecule has 0 atom stereocenters. The largest absolute Gasteiger partial charge is 0.396 e. The summed E-state index contributed by atoms with van der Waals surface area (Å²) in [6.07, 6.45) is 1.60. The number of nitrogens with one attached hydrogen (secondary N) is 1. The van der Waals surface area contributed by atoms with Gasteiger partial charge in [0.15, 0.2) is 5.82 Å². The molecule has 6 heteroatoms. The van der Waals surface area contributed by atoms with Crippen molar-refractivity contribution < 1.29 is 10.0 Å². The Balaban J connectivity index is 2.48. The molecule has 0 spiro atoms. The van der Waals surface area contributed by atoms with Crippen molar-refractivity contribution in [2.75, 3.05) is 26.2 Å². The predicted octanol–water partition coefficient (Wildman–Crippen LogP) is -0.650. The van der Waals surface area contributed by atoms with Gasteiger partial charge in [0.25, 0.3) is 6.20 Å². The van der Waals surface area contributed by atoms with E-state index in [4.69, 9.17) is 5.11 Å². The number of hydrogen-bond acceptors (Lipinski definition) is 5. The summed E-state index contributed by atoms with van der Waals surface area (Å²) in [6, 6.07) is 0. The van der Waals surface area contributed by atoms with Crippen LogP contribution in [0.5, 0.6) is 0 Å². The highest BCUT2D eigenvalue weighted by molar-refractivity contribution is 4.99. The smallest absolute Gasteiger partial charge is 0.274 e. The van der Waals surface area contributed by atoms with Crippen molar-refractivity contribution >= 4 is 0 Å². The second-order valence-corrected chi connectivity index (χ2v) is 2.79. The number of aliphatic hydroxyl groups excluding tert-OH is 1. The van der Waals surface area contributed by atoms with Crippen molar-refractivity contribution in [1.82, 2.24) is 10.2 Å². The third-order valence-electron chi connectivity index (χ3n) is 1.84. The molecule has 0 aromatic heterocycles. The predicted molar refractivity (Wildman–Crippen MR) is 46.4 cm³/mol. The Bertz CT molecular complexity index is 217. The van der Waals surface area contributed by atoms with E-state index in [2.05, 4.69) is 5.32 Å². The molecule has 0 bridgehead atoms. The third-order valence-corrected chi connectivity index (χ3v) is 1.84. The Morgan fingerprint density at radius 2 is 2.54 bits per heavy atom. The molecule has 74 valence electrons. The van der Waals surface area contributed by atoms with Crippen molar-refractivity contribution in [3.63, 3.8) is 0 Å². The van der Waals surface area contributed by atoms with Crippen LogP contribution in [0.1, 0.15) is 6.42 Å². The van der Waals surface area contributed by atoms with Crippen LogP contribution < -0.4 is 5.32 Å². The van der Waals surface area contributed by atoms with E-state index in [1.165, 1.54) is 0 Å². The van der Waals surface area contributed by atoms with Crippen LogP contribution in [0.2, 0.25) is 0 Å². The van der Waals surface area contributed by atoms with Gasteiger partial charge in [-0.2, -0.15) is 0 Å². The van der Waals surface area contributed by atoms with Gasteiger partial charge in [0, 0.05) is 26.2 Å². The SMILES string of the molecule is O=[N+]([O-])C=C1NCCN1CCCO. The van der Waals surface area contributed by atoms with E-state index < -0.39 is 4.92 Å². The highest BCUT2D eigenvalue weighted by Gasteiger charge is 2.18. The lowest BCUT2D eigenvalue weighted by molar-refractivity contribution is -0.404. The first-order valence-electron chi connectivity index (χ1n) is 4.19. The van der Waals surface area contributed by atoms with E-state index in [0.29, 0.717) is 18.8 Å². The number of nitrogens with zero attached hydrogens (tertiary/aromatic N) is 2. The number of rotatable bonds is 4. The zero-order valence-corrected chi connectivity index (χ0v) is 7.27. The van der Waals surface area contributed by atoms with Crippen LogP contribution in [0.15, 0.2) is 12.0 Å². The molecule has 0 aliphatic carbocycles. The summed E-state index contributed by atoms with van der Waals surface area (Å²) >= 11 is 0. The third kappa shape index (κ3) is 2.90. The molecule has 0 unspecified atom stereocenters. The number of hydrogen-bond donors (Lipinski definition) is 2. The van der Waals surface area contributed by atoms with Gasteiger partial charge < -0.3 is 15.3 Å². The molecule has 13 heavy (non-hydrogen) atoms. The van der Waals surface area contributed by atoms with Gasteiger partial charge in [-0.05, 0) is 6.42 Å². The molecule has 1 saturated heterocycles. The van der Waals surface area contributed by atoms with Crippen molar-refractivity contribution in [2.24, 2.45) is 0 Å². The second-order valence-electron chi connectivity index (χ2n) is 2.79. The fraction of sp³-hybridized carbons (Fsp3) is 0.714. The first-order chi connectivity index (χ1) is 6.24. The Labute approximate surface area is 76.0 Å². The summed E-state index contributed by atoms with van der Waals surface area (Å²) in [4.78, 5) is 11.6. The summed E-state index contributed by atoms with van der Waals surface area (Å²) < 4.78 is 0. The molecule has 0 aromatic carbocycles. The molecule has 1 rings (SSSR count). The molecule has 2 N–H and O–H groups in total. The highest BCUT2D eigenvalue weighted by atomic mass is 16.6. The topological polar surface area (TPSA) is 78.6 Å². The first-order valence-corrected chi connectivity index (χ1v) is 4.19. The standard InChI is InChI=1S/C7H13N3O3/c11-5-1-3-9-4-2-8-7(9)6-10(12)13/h6,8,11H,1-5H2. The van der Waals surface area contributed by atoms with Crippen molar-refractivity contribution in [2.45, 2.75) is 6.42 Å². The van der Waals surface area contributed by atoms with Crippen LogP contribution >= 0.6 is 0 Å². The van der Waals surface area contributed by atoms with Gasteiger partial charge in [0.1, 0.15) is 0 Å². The second kappa shape index (κ2) is 4.66. The van der Waals surface area contributed by atoms with Crippen LogP contribution in [-0.2, 0) is 0 Å². The minimum Gasteiger partial charge on any atom is -0.396 e. The van der Waals surface area contributed by atoms with Gasteiger partial charge in [0.05, 0.1) is 4.92 Å². The van der Waals surface area contributed by atoms with Crippen LogP contribution in [0.4, 0.5) is 0 Å². The van der Waals surface area contributed by atoms with E-state index in [-0.39, 0.29) is 6.61 Å². The Kier molecular flexibility index (Phi) is 3.51. The highest BCUT2D eigenvalue weighted by Crippen LogP contribution is 2.07. The maximum absolute atomic E-state index is 10.2. The van der Waals surface area contributed by atoms with Gasteiger partial charge in [0.2, 0.25) is 0 Å². The molecule has 0 radical (unpaired) electrons. The van der Waals surface area contributed by atoms with Gasteiger partial charge in [-0.15, -0.1) is 0 Å². The fourth-order valence-corrected chi connectivity index (χ4v) is 1.27. The summed E-state index contributed by atoms with van der Waals surface area (Å²) in [5, 5.41) is 21.7. The minimum atomic E-state index is -0.473. The molecule has 0 saturated carbocycles. The lowest BCUT2D eigenvalue weighted by Crippen LogP contribution is -2.22. The fourth-order valence-electron chi connectivity index (χ4n) is 1.27. The zero-order valence-electron chi connectivity index (χ0n) is 7.27. The Morgan fingerprint density at radius 3 is 3.15 bits per heavy atom. The van der Waals surface area contributed by atoms with Crippen molar-refractivity contribution in [3.8, 4) is 0 Å². The minimum absolute atomic E-state index is 0.113. The number of nitro groups is 1. The summed E-state index contributed by atoms with van der Waals surface area (Å²) in [5.41, 5.74) is 0. The van der Waals surface area contributed by atoms with Gasteiger partial charge in [-0.25, -0.2) is 0 Å². The molecule has 6 nitrogen and oxygen atoms in total. The van der Waals surface area contributed by atoms with Crippen molar-refractivity contribution in [3.05, 3.63) is 22.1 Å². The van der Waals surface area contributed by atoms with Gasteiger partial charge in [-0.3, -0.25) is 10.1 Å². The molecule has 1 fully saturated rings. The van der Waals surface area contributed by atoms with Gasteiger partial charge >= 0.3 is 0 Å². The lowest BCUT2D eigenvalue weighted by Gasteiger charge is -2.15. The average Bonchev–Trinajstić information content (AvgIpc) is 2.48. The molecule has 1 aliphatic heterocycles. The molecule has 1 heterocycles. The quantitative estimate of drug-likeness (QED) is 0.451. The first kappa shape index (κ1) is 9.79. The molecule has 0 aromatic rings. The summed E-state index contributed by atoms with van der Waals surface area (Å²) in [6.45, 7) is 2.26. The Hall–Kier alpha value is -1.30. The van der Waals surface area contributed by atoms with Crippen LogP contribution in [0.3, 0.4) is 0 Å². The molecule has 0 amide bonds. The van der Waals surface area contributed by atoms with E-state index in [1.807, 2.05) is 4.90 Å². The van der Waals surface area contributed by atoms with Crippen LogP contribution in [0, 0.1) is 10.1 Å². The monoisotopic (exact) mass is 187 g/mol. The van der Waals surface area contributed by atoms with E-state index in [0.717, 1.165) is 19.3 Å². The Morgan fingerprint density at radius 1 is 1.77 bits per heavy atom. The molecular weight excluding hydrogens is 174 g/mol. The van der Waals surface area contributed by atoms with Crippen LogP contribution in [0.25, 0.3) is 0 Å². The normalized spacial score (nSPS) is 19.2. The average molecular weight is 187 g/mol. The summed E-state index contributed by atoms with van der Waals surface area (Å²) in [7, 11) is 0. The van der Waals surface area contributed by atoms with Gasteiger partial charge in [-0.1, -0.05) is 0 Å². The summed E-state index contributed by atoms with van der Waals surface area (Å²) in [5.74, 6) is 0.540. The maximum atomic E-state index is 10.2. The number of aliphatic hydroxyl groups is 1.